The number of ketones is 2. The van der Waals surface area contributed by atoms with Crippen LogP contribution in [0.4, 0.5) is 0 Å². The number of benzene rings is 3. The molecule has 1 fully saturated rings. The van der Waals surface area contributed by atoms with Crippen molar-refractivity contribution >= 4 is 11.6 Å². The molecule has 3 atom stereocenters. The van der Waals surface area contributed by atoms with Crippen LogP contribution in [0.3, 0.4) is 0 Å². The molecular formula is C35H43NO4. The van der Waals surface area contributed by atoms with Gasteiger partial charge in [0.1, 0.15) is 11.5 Å². The highest BCUT2D eigenvalue weighted by Gasteiger charge is 2.30. The molecule has 0 aromatic heterocycles. The second-order valence-corrected chi connectivity index (χ2v) is 11.2. The Hall–Kier alpha value is -3.28. The molecule has 5 heteroatoms. The van der Waals surface area contributed by atoms with Crippen LogP contribution in [0.1, 0.15) is 73.9 Å². The summed E-state index contributed by atoms with van der Waals surface area (Å²) in [4.78, 5) is 27.8. The number of ether oxygens (including phenoxy) is 1. The highest BCUT2D eigenvalue weighted by molar-refractivity contribution is 5.96. The molecule has 40 heavy (non-hydrogen) atoms. The average Bonchev–Trinajstić information content (AvgIpc) is 3.51. The monoisotopic (exact) mass is 541 g/mol. The zero-order chi connectivity index (χ0) is 28.3. The summed E-state index contributed by atoms with van der Waals surface area (Å²) in [6.45, 7) is 5.01. The Morgan fingerprint density at radius 3 is 2.12 bits per heavy atom. The molecule has 4 rings (SSSR count). The first kappa shape index (κ1) is 29.7. The topological polar surface area (TPSA) is 66.8 Å². The number of hydrogen-bond acceptors (Lipinski definition) is 5. The molecule has 212 valence electrons. The lowest BCUT2D eigenvalue weighted by Gasteiger charge is -2.32. The molecule has 1 N–H and O–H groups in total. The standard InChI is InChI=1S/C35H43NO4/c1-26(24-31(37)12-6-7-13-34(38)29-18-20-32(40-2)21-19-29)33(25-36-22-8-9-23-36)35(39)30-16-14-28(15-17-30)27-10-4-3-5-11-27/h3-5,10-11,14-21,26,33,35,39H,6-9,12-13,22-25H2,1-2H3. The van der Waals surface area contributed by atoms with Gasteiger partial charge in [-0.25, -0.2) is 0 Å². The van der Waals surface area contributed by atoms with Crippen LogP contribution in [-0.4, -0.2) is 48.3 Å². The molecule has 0 bridgehead atoms. The Kier molecular flexibility index (Phi) is 11.1. The molecule has 0 aliphatic carbocycles. The van der Waals surface area contributed by atoms with Gasteiger partial charge in [0.2, 0.25) is 0 Å². The highest BCUT2D eigenvalue weighted by atomic mass is 16.5. The van der Waals surface area contributed by atoms with E-state index in [0.717, 1.165) is 42.1 Å². The normalized spacial score (nSPS) is 15.9. The summed E-state index contributed by atoms with van der Waals surface area (Å²) in [5.41, 5.74) is 3.86. The minimum Gasteiger partial charge on any atom is -0.497 e. The predicted molar refractivity (Wildman–Crippen MR) is 161 cm³/mol. The molecule has 3 unspecified atom stereocenters. The van der Waals surface area contributed by atoms with Gasteiger partial charge < -0.3 is 14.7 Å². The van der Waals surface area contributed by atoms with Crippen molar-refractivity contribution in [3.63, 3.8) is 0 Å². The third kappa shape index (κ3) is 8.36. The van der Waals surface area contributed by atoms with Crippen molar-refractivity contribution in [2.24, 2.45) is 11.8 Å². The number of carbonyl (C=O) groups excluding carboxylic acids is 2. The highest BCUT2D eigenvalue weighted by Crippen LogP contribution is 2.33. The number of aliphatic hydroxyl groups excluding tert-OH is 1. The number of likely N-dealkylation sites (tertiary alicyclic amines) is 1. The van der Waals surface area contributed by atoms with E-state index >= 15 is 0 Å². The first-order valence-electron chi connectivity index (χ1n) is 14.7. The smallest absolute Gasteiger partial charge is 0.162 e. The summed E-state index contributed by atoms with van der Waals surface area (Å²) in [5.74, 6) is 1.06. The van der Waals surface area contributed by atoms with E-state index < -0.39 is 6.10 Å². The molecule has 0 amide bonds. The van der Waals surface area contributed by atoms with Crippen LogP contribution in [0.5, 0.6) is 5.75 Å². The van der Waals surface area contributed by atoms with Crippen LogP contribution in [0, 0.1) is 11.8 Å². The van der Waals surface area contributed by atoms with Gasteiger partial charge in [-0.05, 0) is 85.6 Å². The second kappa shape index (κ2) is 14.9. The molecule has 3 aromatic carbocycles. The fraction of sp³-hybridized carbons (Fsp3) is 0.429. The molecule has 1 aliphatic heterocycles. The van der Waals surface area contributed by atoms with Gasteiger partial charge in [-0.15, -0.1) is 0 Å². The summed E-state index contributed by atoms with van der Waals surface area (Å²) in [5, 5.41) is 11.5. The van der Waals surface area contributed by atoms with Crippen molar-refractivity contribution in [1.82, 2.24) is 4.90 Å². The molecule has 5 nitrogen and oxygen atoms in total. The van der Waals surface area contributed by atoms with E-state index in [4.69, 9.17) is 4.74 Å². The lowest BCUT2D eigenvalue weighted by atomic mass is 9.81. The van der Waals surface area contributed by atoms with E-state index in [1.165, 1.54) is 12.8 Å². The zero-order valence-electron chi connectivity index (χ0n) is 23.9. The Balaban J connectivity index is 1.31. The number of aliphatic hydroxyl groups is 1. The van der Waals surface area contributed by atoms with Gasteiger partial charge in [0.05, 0.1) is 13.2 Å². The fourth-order valence-corrected chi connectivity index (χ4v) is 5.75. The molecule has 3 aromatic rings. The number of methoxy groups -OCH3 is 1. The summed E-state index contributed by atoms with van der Waals surface area (Å²) < 4.78 is 5.15. The van der Waals surface area contributed by atoms with Crippen LogP contribution >= 0.6 is 0 Å². The largest absolute Gasteiger partial charge is 0.497 e. The first-order chi connectivity index (χ1) is 19.4. The van der Waals surface area contributed by atoms with Gasteiger partial charge in [0.25, 0.3) is 0 Å². The molecule has 1 heterocycles. The lowest BCUT2D eigenvalue weighted by Crippen LogP contribution is -2.34. The number of Topliss-reactive ketones (excluding diaryl/α,β-unsaturated/α-hetero) is 2. The van der Waals surface area contributed by atoms with E-state index in [0.29, 0.717) is 37.7 Å². The third-order valence-corrected chi connectivity index (χ3v) is 8.23. The Bertz CT molecular complexity index is 1200. The molecule has 0 spiro atoms. The van der Waals surface area contributed by atoms with Gasteiger partial charge >= 0.3 is 0 Å². The van der Waals surface area contributed by atoms with Gasteiger partial charge in [-0.2, -0.15) is 0 Å². The van der Waals surface area contributed by atoms with Gasteiger partial charge in [-0.1, -0.05) is 61.5 Å². The van der Waals surface area contributed by atoms with Crippen LogP contribution in [0.15, 0.2) is 78.9 Å². The summed E-state index contributed by atoms with van der Waals surface area (Å²) in [6, 6.07) is 25.6. The van der Waals surface area contributed by atoms with Crippen LogP contribution < -0.4 is 4.74 Å². The van der Waals surface area contributed by atoms with Gasteiger partial charge in [-0.3, -0.25) is 9.59 Å². The molecule has 0 saturated carbocycles. The number of carbonyl (C=O) groups is 2. The van der Waals surface area contributed by atoms with Crippen LogP contribution in [-0.2, 0) is 4.79 Å². The SMILES string of the molecule is COc1ccc(C(=O)CCCCC(=O)CC(C)C(CN2CCCC2)C(O)c2ccc(-c3ccccc3)cc2)cc1. The van der Waals surface area contributed by atoms with Crippen molar-refractivity contribution in [1.29, 1.82) is 0 Å². The molecule has 1 saturated heterocycles. The fourth-order valence-electron chi connectivity index (χ4n) is 5.75. The van der Waals surface area contributed by atoms with E-state index in [1.54, 1.807) is 31.4 Å². The Labute approximate surface area is 239 Å². The van der Waals surface area contributed by atoms with E-state index in [2.05, 4.69) is 36.1 Å². The maximum absolute atomic E-state index is 12.9. The number of hydrogen-bond donors (Lipinski definition) is 1. The second-order valence-electron chi connectivity index (χ2n) is 11.2. The number of nitrogens with zero attached hydrogens (tertiary/aromatic N) is 1. The summed E-state index contributed by atoms with van der Waals surface area (Å²) >= 11 is 0. The zero-order valence-corrected chi connectivity index (χ0v) is 23.9. The third-order valence-electron chi connectivity index (χ3n) is 8.23. The molecule has 0 radical (unpaired) electrons. The summed E-state index contributed by atoms with van der Waals surface area (Å²) in [7, 11) is 1.60. The van der Waals surface area contributed by atoms with E-state index in [9.17, 15) is 14.7 Å². The quantitative estimate of drug-likeness (QED) is 0.164. The van der Waals surface area contributed by atoms with Crippen LogP contribution in [0.2, 0.25) is 0 Å². The maximum Gasteiger partial charge on any atom is 0.162 e. The van der Waals surface area contributed by atoms with Crippen LogP contribution in [0.25, 0.3) is 11.1 Å². The van der Waals surface area contributed by atoms with Gasteiger partial charge in [0, 0.05) is 37.3 Å². The summed E-state index contributed by atoms with van der Waals surface area (Å²) in [6.07, 6.45) is 4.50. The van der Waals surface area contributed by atoms with Crippen molar-refractivity contribution in [3.05, 3.63) is 90.0 Å². The first-order valence-corrected chi connectivity index (χ1v) is 14.7. The lowest BCUT2D eigenvalue weighted by molar-refractivity contribution is -0.120. The van der Waals surface area contributed by atoms with Crippen molar-refractivity contribution < 1.29 is 19.4 Å². The Morgan fingerprint density at radius 1 is 0.850 bits per heavy atom. The Morgan fingerprint density at radius 2 is 1.48 bits per heavy atom. The maximum atomic E-state index is 12.9. The molecular weight excluding hydrogens is 498 g/mol. The average molecular weight is 542 g/mol. The van der Waals surface area contributed by atoms with E-state index in [1.807, 2.05) is 30.3 Å². The van der Waals surface area contributed by atoms with Gasteiger partial charge in [0.15, 0.2) is 5.78 Å². The minimum atomic E-state index is -0.629. The van der Waals surface area contributed by atoms with Crippen molar-refractivity contribution in [3.8, 4) is 16.9 Å². The van der Waals surface area contributed by atoms with Crippen molar-refractivity contribution in [2.75, 3.05) is 26.7 Å². The number of unbranched alkanes of at least 4 members (excludes halogenated alkanes) is 1. The number of rotatable bonds is 15. The predicted octanol–water partition coefficient (Wildman–Crippen LogP) is 7.15. The van der Waals surface area contributed by atoms with Crippen molar-refractivity contribution in [2.45, 2.75) is 58.0 Å². The van der Waals surface area contributed by atoms with E-state index in [-0.39, 0.29) is 23.4 Å². The minimum absolute atomic E-state index is 0.0266. The molecule has 1 aliphatic rings.